The molecule has 48 heteroatoms. The molecule has 11 amide bonds. The van der Waals surface area contributed by atoms with Crippen LogP contribution in [0.5, 0.6) is 0 Å². The van der Waals surface area contributed by atoms with Gasteiger partial charge < -0.3 is 84.4 Å². The molecule has 3 unspecified atom stereocenters. The van der Waals surface area contributed by atoms with Crippen LogP contribution in [0.3, 0.4) is 0 Å². The number of aromatic nitrogens is 5. The lowest BCUT2D eigenvalue weighted by atomic mass is 9.85. The van der Waals surface area contributed by atoms with E-state index in [1.54, 1.807) is 93.0 Å². The number of pyridine rings is 3. The summed E-state index contributed by atoms with van der Waals surface area (Å²) in [4.78, 5) is 224. The van der Waals surface area contributed by atoms with Gasteiger partial charge in [0.05, 0.1) is 48.3 Å². The summed E-state index contributed by atoms with van der Waals surface area (Å²) in [7, 11) is -13.5. The normalized spacial score (nSPS) is 27.1. The zero-order valence-corrected chi connectivity index (χ0v) is 82.9. The number of carbonyl (C=O) groups excluding carboxylic acids is 13. The monoisotopic (exact) mass is 2050 g/mol. The number of para-hydroxylation sites is 2. The molecule has 140 heavy (non-hydrogen) atoms. The minimum atomic E-state index is -4.58. The number of nitrogens with zero attached hydrogens (tertiary/aromatic N) is 7. The largest absolute Gasteiger partial charge is 0.481 e. The van der Waals surface area contributed by atoms with Crippen molar-refractivity contribution in [3.05, 3.63) is 161 Å². The molecule has 0 spiro atoms. The Bertz CT molecular complexity index is 6110. The third-order valence-corrected chi connectivity index (χ3v) is 34.3. The molecular weight excluding hydrogens is 1930 g/mol. The van der Waals surface area contributed by atoms with Gasteiger partial charge in [-0.3, -0.25) is 82.1 Å². The maximum Gasteiger partial charge on any atom is 0.305 e. The van der Waals surface area contributed by atoms with E-state index >= 15 is 44.4 Å². The summed E-state index contributed by atoms with van der Waals surface area (Å²) in [6.07, 6.45) is 7.28. The Hall–Kier alpha value is -11.3. The molecule has 4 aliphatic heterocycles. The minimum absolute atomic E-state index is 0.00302. The first-order chi connectivity index (χ1) is 66.6. The molecule has 7 aromatic rings. The van der Waals surface area contributed by atoms with Crippen molar-refractivity contribution in [2.45, 2.75) is 205 Å². The van der Waals surface area contributed by atoms with Gasteiger partial charge in [0.25, 0.3) is 0 Å². The van der Waals surface area contributed by atoms with Gasteiger partial charge in [0.2, 0.25) is 95.0 Å². The number of benzene rings is 2. The highest BCUT2D eigenvalue weighted by atomic mass is 32.2. The number of aliphatic hydroxyl groups is 1. The zero-order chi connectivity index (χ0) is 101. The Morgan fingerprint density at radius 2 is 0.971 bits per heavy atom. The topological polar surface area (TPSA) is 625 Å². The second-order valence-corrected chi connectivity index (χ2v) is 46.2. The highest BCUT2D eigenvalue weighted by molar-refractivity contribution is 8.01. The molecule has 1 saturated heterocycles. The maximum absolute atomic E-state index is 15.7. The lowest BCUT2D eigenvalue weighted by molar-refractivity contribution is -0.143. The van der Waals surface area contributed by atoms with Crippen molar-refractivity contribution in [1.29, 1.82) is 0 Å². The summed E-state index contributed by atoms with van der Waals surface area (Å²) in [6, 6.07) is 3.21. The number of nitrogens with two attached hydrogens (primary N) is 2. The zero-order valence-electron chi connectivity index (χ0n) is 78.0. The van der Waals surface area contributed by atoms with E-state index in [2.05, 4.69) is 72.8 Å². The molecule has 42 nitrogen and oxygen atoms in total. The maximum atomic E-state index is 15.7. The van der Waals surface area contributed by atoms with Crippen LogP contribution in [0.4, 0.5) is 0 Å². The van der Waals surface area contributed by atoms with E-state index in [4.69, 9.17) is 11.5 Å². The van der Waals surface area contributed by atoms with Crippen molar-refractivity contribution < 1.29 is 103 Å². The number of ketones is 2. The van der Waals surface area contributed by atoms with Crippen molar-refractivity contribution in [1.82, 2.24) is 90.6 Å². The van der Waals surface area contributed by atoms with E-state index in [1.165, 1.54) is 62.9 Å². The van der Waals surface area contributed by atoms with Crippen LogP contribution >= 0.6 is 35.3 Å². The summed E-state index contributed by atoms with van der Waals surface area (Å²) >= 11 is 2.77. The fourth-order valence-electron chi connectivity index (χ4n) is 17.3. The van der Waals surface area contributed by atoms with Crippen molar-refractivity contribution in [3.8, 4) is 0 Å². The summed E-state index contributed by atoms with van der Waals surface area (Å²) in [5, 5.41) is 46.8. The summed E-state index contributed by atoms with van der Waals surface area (Å²) in [5.74, 6) is -21.7. The number of aliphatic hydroxyl groups excluding tert-OH is 1. The van der Waals surface area contributed by atoms with Crippen LogP contribution in [0.15, 0.2) is 116 Å². The highest BCUT2D eigenvalue weighted by Gasteiger charge is 2.44. The first-order valence-electron chi connectivity index (χ1n) is 46.1. The number of Topliss-reactive ketones (excluding diaryl/α,β-unsaturated/α-hetero) is 2. The van der Waals surface area contributed by atoms with Gasteiger partial charge in [0.15, 0.2) is 5.78 Å². The fourth-order valence-corrected chi connectivity index (χ4v) is 26.1. The van der Waals surface area contributed by atoms with Crippen LogP contribution in [0.2, 0.25) is 0 Å². The van der Waals surface area contributed by atoms with E-state index in [0.717, 1.165) is 48.2 Å². The van der Waals surface area contributed by atoms with Crippen LogP contribution in [-0.2, 0) is 149 Å². The molecule has 0 radical (unpaired) electrons. The van der Waals surface area contributed by atoms with Crippen LogP contribution in [-0.4, -0.2) is 292 Å². The third-order valence-electron chi connectivity index (χ3n) is 25.0. The molecule has 1 aliphatic carbocycles. The molecule has 9 heterocycles. The number of fused-ring (bicyclic) bond motifs is 15. The number of rotatable bonds is 12. The summed E-state index contributed by atoms with van der Waals surface area (Å²) in [6.45, 7) is 4.22. The van der Waals surface area contributed by atoms with Gasteiger partial charge in [-0.05, 0) is 108 Å². The van der Waals surface area contributed by atoms with Crippen molar-refractivity contribution in [2.24, 2.45) is 35.1 Å². The average molecular weight is 2050 g/mol. The Kier molecular flexibility index (Phi) is 37.5. The van der Waals surface area contributed by atoms with Crippen LogP contribution in [0.25, 0.3) is 21.8 Å². The fraction of sp³-hybridized carbons (Fsp3) is 0.511. The van der Waals surface area contributed by atoms with Crippen LogP contribution in [0, 0.1) is 23.7 Å². The number of thioether (sulfide) groups is 3. The predicted molar refractivity (Wildman–Crippen MR) is 522 cm³/mol. The molecule has 16 atom stereocenters. The molecule has 2 aromatic carbocycles. The number of carboxylic acid groups (broad SMARTS) is 1. The third kappa shape index (κ3) is 29.2. The molecule has 12 bridgehead atoms. The van der Waals surface area contributed by atoms with E-state index in [0.29, 0.717) is 32.9 Å². The molecule has 5 aliphatic rings. The summed E-state index contributed by atoms with van der Waals surface area (Å²) < 4.78 is 95.3. The van der Waals surface area contributed by atoms with Crippen LogP contribution in [0.1, 0.15) is 130 Å². The molecule has 2 fully saturated rings. The smallest absolute Gasteiger partial charge is 0.305 e. The minimum Gasteiger partial charge on any atom is -0.481 e. The molecule has 1 saturated carbocycles. The Morgan fingerprint density at radius 1 is 0.500 bits per heavy atom. The number of amides is 11. The van der Waals surface area contributed by atoms with Crippen molar-refractivity contribution in [3.63, 3.8) is 0 Å². The van der Waals surface area contributed by atoms with Gasteiger partial charge in [-0.15, -0.1) is 0 Å². The molecular formula is C92H120N20O22S6. The second kappa shape index (κ2) is 48.9. The van der Waals surface area contributed by atoms with E-state index in [-0.39, 0.29) is 114 Å². The second-order valence-electron chi connectivity index (χ2n) is 36.4. The molecule has 12 rings (SSSR count). The number of aromatic amines is 2. The Labute approximate surface area is 823 Å². The lowest BCUT2D eigenvalue weighted by Gasteiger charge is -2.32. The van der Waals surface area contributed by atoms with Gasteiger partial charge in [-0.1, -0.05) is 82.3 Å². The standard InChI is InChI=1S/C92H120N20O22S6/c1-52(2)80-91(127)103-71(33-79(117)118)86(122)100-42-78(116)101-69(29-62-40-98-67-15-8-6-13-65(62)67)87(123)107-81(53(3)4)92(128)112-19-11-17-74(112)90(126)104-72(83(94)119)50-136-21-24-139(131,132)110-45-57-26-55(34-95-36-57)43-109-44-56-27-59(38-96-35-56)47-111(48-60-28-58(46-110)37-97-39-60)140(133,134)25-22-137-51-73(89(125)102-70(88(124)106-80)30-63-41-99-68-16-9-7-14-66(63)68)105-84(120)61-12-10-18-75(113)82(77(115)31-61)108-85(121)64(32-76(114)54(5)93)49-135-20-23-138(109,129)130/h6-9,13-16,26-28,34-41,52-54,61,64,69-75,80-82,98-99,113H,10-12,17-25,29-33,42-51,93H2,1-5H3,(H2,94,119)(H,100,122)(H,101,116)(H,102,125)(H,103,127)(H,104,126)(H,105,120)(H,106,124)(H,107,123)(H,108,121)(H,117,118)/t54-,61+,64-,69-,70-,71-,72-,73-,74-,75+,80-,81-,82-/m0/s1. The Morgan fingerprint density at radius 3 is 1.46 bits per heavy atom. The van der Waals surface area contributed by atoms with Gasteiger partial charge in [0, 0.05) is 183 Å². The van der Waals surface area contributed by atoms with E-state index in [9.17, 15) is 58.2 Å². The number of hydrogen-bond acceptors (Lipinski definition) is 28. The number of hydrogen-bond donors (Lipinski definition) is 15. The van der Waals surface area contributed by atoms with Crippen molar-refractivity contribution in [2.75, 3.05) is 64.9 Å². The number of primary amides is 1. The van der Waals surface area contributed by atoms with Gasteiger partial charge in [0.1, 0.15) is 60.2 Å². The number of carbonyl (C=O) groups is 14. The van der Waals surface area contributed by atoms with Gasteiger partial charge >= 0.3 is 5.97 Å². The average Bonchev–Trinajstić information content (AvgIpc) is 1.25. The number of sulfonamides is 3. The highest BCUT2D eigenvalue weighted by Crippen LogP contribution is 2.31. The van der Waals surface area contributed by atoms with Gasteiger partial charge in [-0.25, -0.2) is 25.3 Å². The van der Waals surface area contributed by atoms with E-state index < -0.39 is 291 Å². The van der Waals surface area contributed by atoms with E-state index in [1.807, 2.05) is 0 Å². The summed E-state index contributed by atoms with van der Waals surface area (Å²) in [5.41, 5.74) is 15.8. The first kappa shape index (κ1) is 107. The lowest BCUT2D eigenvalue weighted by Crippen LogP contribution is -2.61. The molecule has 17 N–H and O–H groups in total. The Balaban J connectivity index is 0.941. The predicted octanol–water partition coefficient (Wildman–Crippen LogP) is 0.156. The number of nitrogens with one attached hydrogen (secondary N) is 11. The quantitative estimate of drug-likeness (QED) is 0.0774. The SMILES string of the molecule is CC(C)[C@@H]1NC(=O)[C@H](Cc2c[nH]c3ccccc23)NC(=O)[C@@H]2CSCCS(=O)(=O)N3Cc4cncc(c4)CN(Cc4cncc(c4)CN(Cc4cncc(c4)C3)S(=O)(=O)CCSC[C@@H](C(N)=O)NC(=O)[C@@H]3CCCN3C(=O)[C@H](C(C)C)NC(=O)[C@H](Cc3c[nH]c4ccccc34)NC(=O)CNC(=O)[C@H](CC(=O)O)NC1=O)S(=O)(=O)CCSC[C@H](CC(=O)[C@H](C)N)C(=O)N[C@@H]1C(=O)C[C@@H](CCC[C@H]1O)C(=O)N2. The number of aliphatic carboxylic acids is 1. The first-order valence-corrected chi connectivity index (χ1v) is 54.4. The number of H-pyrrole nitrogens is 2. The van der Waals surface area contributed by atoms with Crippen LogP contribution < -0.4 is 59.3 Å². The number of carboxylic acids is 1. The van der Waals surface area contributed by atoms with Gasteiger partial charge in [-0.2, -0.15) is 48.2 Å². The molecule has 5 aromatic heterocycles. The van der Waals surface area contributed by atoms with Crippen molar-refractivity contribution >= 4 is 170 Å². The molecule has 756 valence electrons.